The Morgan fingerprint density at radius 1 is 1.80 bits per heavy atom. The first-order valence-corrected chi connectivity index (χ1v) is 3.70. The van der Waals surface area contributed by atoms with Crippen molar-refractivity contribution in [2.75, 3.05) is 0 Å². The second-order valence-corrected chi connectivity index (χ2v) is 3.73. The molecule has 2 nitrogen and oxygen atoms in total. The van der Waals surface area contributed by atoms with Crippen LogP contribution in [0, 0.1) is 11.3 Å². The number of hydrazine groups is 1. The van der Waals surface area contributed by atoms with Gasteiger partial charge < -0.3 is 0 Å². The third-order valence-corrected chi connectivity index (χ3v) is 2.47. The van der Waals surface area contributed by atoms with Crippen molar-refractivity contribution < 1.29 is 0 Å². The fourth-order valence-corrected chi connectivity index (χ4v) is 1.47. The average Bonchev–Trinajstić information content (AvgIpc) is 2.44. The van der Waals surface area contributed by atoms with Gasteiger partial charge in [0.1, 0.15) is 0 Å². The molecule has 0 aliphatic heterocycles. The second-order valence-electron chi connectivity index (χ2n) is 3.73. The zero-order chi connectivity index (χ0) is 7.78. The van der Waals surface area contributed by atoms with Gasteiger partial charge in [-0.15, -0.1) is 6.58 Å². The summed E-state index contributed by atoms with van der Waals surface area (Å²) < 4.78 is 0. The Morgan fingerprint density at radius 3 is 2.40 bits per heavy atom. The van der Waals surface area contributed by atoms with E-state index in [0.29, 0.717) is 17.4 Å². The molecule has 0 saturated heterocycles. The Labute approximate surface area is 62.5 Å². The van der Waals surface area contributed by atoms with Crippen molar-refractivity contribution in [1.82, 2.24) is 5.43 Å². The van der Waals surface area contributed by atoms with Gasteiger partial charge in [0.05, 0.1) is 0 Å². The van der Waals surface area contributed by atoms with Crippen LogP contribution in [0.1, 0.15) is 20.3 Å². The molecule has 0 spiro atoms. The van der Waals surface area contributed by atoms with Crippen LogP contribution in [0.2, 0.25) is 0 Å². The summed E-state index contributed by atoms with van der Waals surface area (Å²) in [7, 11) is 0. The Bertz CT molecular complexity index is 140. The molecule has 0 bridgehead atoms. The molecular formula is C8H16N2. The highest BCUT2D eigenvalue weighted by molar-refractivity contribution is 5.06. The monoisotopic (exact) mass is 140 g/mol. The molecule has 1 aliphatic rings. The molecule has 1 saturated carbocycles. The summed E-state index contributed by atoms with van der Waals surface area (Å²) in [4.78, 5) is 0. The van der Waals surface area contributed by atoms with Gasteiger partial charge in [0.25, 0.3) is 0 Å². The molecule has 0 aromatic carbocycles. The Morgan fingerprint density at radius 2 is 2.30 bits per heavy atom. The zero-order valence-corrected chi connectivity index (χ0v) is 6.72. The molecule has 0 aromatic rings. The first-order valence-electron chi connectivity index (χ1n) is 3.70. The van der Waals surface area contributed by atoms with Crippen LogP contribution in [0.4, 0.5) is 0 Å². The maximum Gasteiger partial charge on any atom is 0.0421 e. The lowest BCUT2D eigenvalue weighted by Crippen LogP contribution is -2.36. The van der Waals surface area contributed by atoms with E-state index in [1.807, 2.05) is 6.08 Å². The highest BCUT2D eigenvalue weighted by atomic mass is 15.2. The molecule has 2 unspecified atom stereocenters. The van der Waals surface area contributed by atoms with Crippen molar-refractivity contribution in [2.45, 2.75) is 26.3 Å². The van der Waals surface area contributed by atoms with Gasteiger partial charge >= 0.3 is 0 Å². The molecular weight excluding hydrogens is 124 g/mol. The Hall–Kier alpha value is -0.340. The molecule has 3 N–H and O–H groups in total. The molecule has 0 aromatic heterocycles. The van der Waals surface area contributed by atoms with Crippen LogP contribution in [0.5, 0.6) is 0 Å². The van der Waals surface area contributed by atoms with E-state index in [2.05, 4.69) is 25.9 Å². The SMILES string of the molecule is C=CC(NN)C1CC1(C)C. The smallest absolute Gasteiger partial charge is 0.0421 e. The fraction of sp³-hybridized carbons (Fsp3) is 0.750. The van der Waals surface area contributed by atoms with Gasteiger partial charge in [-0.3, -0.25) is 11.3 Å². The normalized spacial score (nSPS) is 31.3. The number of nitrogens with one attached hydrogen (secondary N) is 1. The average molecular weight is 140 g/mol. The van der Waals surface area contributed by atoms with Gasteiger partial charge in [0.15, 0.2) is 0 Å². The fourth-order valence-electron chi connectivity index (χ4n) is 1.47. The van der Waals surface area contributed by atoms with E-state index in [4.69, 9.17) is 5.84 Å². The molecule has 2 atom stereocenters. The van der Waals surface area contributed by atoms with Crippen molar-refractivity contribution in [1.29, 1.82) is 0 Å². The van der Waals surface area contributed by atoms with Gasteiger partial charge in [0.2, 0.25) is 0 Å². The van der Waals surface area contributed by atoms with Crippen LogP contribution in [-0.2, 0) is 0 Å². The van der Waals surface area contributed by atoms with Crippen LogP contribution in [0.3, 0.4) is 0 Å². The van der Waals surface area contributed by atoms with Crippen molar-refractivity contribution in [3.8, 4) is 0 Å². The lowest BCUT2D eigenvalue weighted by atomic mass is 10.0. The van der Waals surface area contributed by atoms with E-state index in [0.717, 1.165) is 0 Å². The lowest BCUT2D eigenvalue weighted by molar-refractivity contribution is 0.467. The predicted octanol–water partition coefficient (Wildman–Crippen LogP) is 1.05. The lowest BCUT2D eigenvalue weighted by Gasteiger charge is -2.11. The highest BCUT2D eigenvalue weighted by Crippen LogP contribution is 2.53. The topological polar surface area (TPSA) is 38.0 Å². The molecule has 1 aliphatic carbocycles. The third-order valence-electron chi connectivity index (χ3n) is 2.47. The van der Waals surface area contributed by atoms with Gasteiger partial charge in [-0.25, -0.2) is 0 Å². The quantitative estimate of drug-likeness (QED) is 0.349. The summed E-state index contributed by atoms with van der Waals surface area (Å²) in [5.41, 5.74) is 3.23. The number of hydrogen-bond donors (Lipinski definition) is 2. The minimum atomic E-state index is 0.301. The predicted molar refractivity (Wildman–Crippen MR) is 43.2 cm³/mol. The largest absolute Gasteiger partial charge is 0.271 e. The number of hydrogen-bond acceptors (Lipinski definition) is 2. The first-order chi connectivity index (χ1) is 4.61. The van der Waals surface area contributed by atoms with E-state index in [1.54, 1.807) is 0 Å². The number of rotatable bonds is 3. The molecule has 10 heavy (non-hydrogen) atoms. The van der Waals surface area contributed by atoms with E-state index in [1.165, 1.54) is 6.42 Å². The highest BCUT2D eigenvalue weighted by Gasteiger charge is 2.48. The van der Waals surface area contributed by atoms with Crippen molar-refractivity contribution in [3.63, 3.8) is 0 Å². The summed E-state index contributed by atoms with van der Waals surface area (Å²) in [6.45, 7) is 8.23. The molecule has 1 fully saturated rings. The van der Waals surface area contributed by atoms with Crippen molar-refractivity contribution in [3.05, 3.63) is 12.7 Å². The summed E-state index contributed by atoms with van der Waals surface area (Å²) in [6, 6.07) is 0.301. The first kappa shape index (κ1) is 7.76. The standard InChI is InChI=1S/C8H16N2/c1-4-7(10-9)6-5-8(6,2)3/h4,6-7,10H,1,5,9H2,2-3H3. The van der Waals surface area contributed by atoms with Crippen LogP contribution < -0.4 is 11.3 Å². The minimum absolute atomic E-state index is 0.301. The van der Waals surface area contributed by atoms with E-state index in [-0.39, 0.29) is 0 Å². The summed E-state index contributed by atoms with van der Waals surface area (Å²) in [5, 5.41) is 0. The van der Waals surface area contributed by atoms with Gasteiger partial charge in [0, 0.05) is 6.04 Å². The van der Waals surface area contributed by atoms with Crippen LogP contribution in [-0.4, -0.2) is 6.04 Å². The third kappa shape index (κ3) is 1.22. The molecule has 2 heteroatoms. The molecule has 58 valence electrons. The van der Waals surface area contributed by atoms with E-state index in [9.17, 15) is 0 Å². The Balaban J connectivity index is 2.44. The molecule has 0 amide bonds. The van der Waals surface area contributed by atoms with Gasteiger partial charge in [-0.1, -0.05) is 19.9 Å². The minimum Gasteiger partial charge on any atom is -0.271 e. The van der Waals surface area contributed by atoms with E-state index >= 15 is 0 Å². The number of nitrogens with two attached hydrogens (primary N) is 1. The zero-order valence-electron chi connectivity index (χ0n) is 6.72. The van der Waals surface area contributed by atoms with Crippen LogP contribution >= 0.6 is 0 Å². The Kier molecular flexibility index (Phi) is 1.84. The van der Waals surface area contributed by atoms with Crippen molar-refractivity contribution >= 4 is 0 Å². The summed E-state index contributed by atoms with van der Waals surface area (Å²) in [5.74, 6) is 6.01. The summed E-state index contributed by atoms with van der Waals surface area (Å²) >= 11 is 0. The molecule has 1 rings (SSSR count). The van der Waals surface area contributed by atoms with Crippen molar-refractivity contribution in [2.24, 2.45) is 17.2 Å². The van der Waals surface area contributed by atoms with Gasteiger partial charge in [-0.05, 0) is 17.8 Å². The maximum atomic E-state index is 5.32. The molecule has 0 radical (unpaired) electrons. The van der Waals surface area contributed by atoms with Crippen LogP contribution in [0.25, 0.3) is 0 Å². The summed E-state index contributed by atoms with van der Waals surface area (Å²) in [6.07, 6.45) is 3.15. The second kappa shape index (κ2) is 2.36. The maximum absolute atomic E-state index is 5.32. The van der Waals surface area contributed by atoms with E-state index < -0.39 is 0 Å². The molecule has 0 heterocycles. The van der Waals surface area contributed by atoms with Gasteiger partial charge in [-0.2, -0.15) is 0 Å². The van der Waals surface area contributed by atoms with Crippen LogP contribution in [0.15, 0.2) is 12.7 Å².